The van der Waals surface area contributed by atoms with Gasteiger partial charge in [0.15, 0.2) is 0 Å². The summed E-state index contributed by atoms with van der Waals surface area (Å²) in [5, 5.41) is 2.92. The first kappa shape index (κ1) is 18.7. The summed E-state index contributed by atoms with van der Waals surface area (Å²) in [4.78, 5) is 28.2. The molecule has 1 fully saturated rings. The highest BCUT2D eigenvalue weighted by atomic mass is 127. The Labute approximate surface area is 167 Å². The van der Waals surface area contributed by atoms with Gasteiger partial charge in [0.25, 0.3) is 5.91 Å². The van der Waals surface area contributed by atoms with Crippen molar-refractivity contribution in [1.29, 1.82) is 0 Å². The van der Waals surface area contributed by atoms with Crippen molar-refractivity contribution in [2.24, 2.45) is 0 Å². The summed E-state index contributed by atoms with van der Waals surface area (Å²) in [7, 11) is 0. The minimum Gasteiger partial charge on any atom is -0.368 e. The van der Waals surface area contributed by atoms with Gasteiger partial charge in [-0.3, -0.25) is 9.59 Å². The van der Waals surface area contributed by atoms with E-state index in [2.05, 4.69) is 32.8 Å². The number of nitrogens with zero attached hydrogens (tertiary/aromatic N) is 2. The van der Waals surface area contributed by atoms with Gasteiger partial charge in [0.05, 0.1) is 0 Å². The Kier molecular flexibility index (Phi) is 6.13. The number of hydrogen-bond acceptors (Lipinski definition) is 3. The third-order valence-electron chi connectivity index (χ3n) is 4.53. The number of hydrogen-bond donors (Lipinski definition) is 1. The summed E-state index contributed by atoms with van der Waals surface area (Å²) in [6.45, 7) is 5.09. The average molecular weight is 463 g/mol. The van der Waals surface area contributed by atoms with E-state index in [1.54, 1.807) is 0 Å². The maximum Gasteiger partial charge on any atom is 0.255 e. The van der Waals surface area contributed by atoms with E-state index >= 15 is 0 Å². The van der Waals surface area contributed by atoms with E-state index in [-0.39, 0.29) is 11.8 Å². The van der Waals surface area contributed by atoms with Crippen LogP contribution in [0, 0.1) is 3.57 Å². The lowest BCUT2D eigenvalue weighted by atomic mass is 10.2. The third kappa shape index (κ3) is 4.55. The molecule has 5 nitrogen and oxygen atoms in total. The van der Waals surface area contributed by atoms with E-state index in [1.807, 2.05) is 60.4 Å². The minimum absolute atomic E-state index is 0.110. The van der Waals surface area contributed by atoms with E-state index in [0.717, 1.165) is 41.1 Å². The second-order valence-corrected chi connectivity index (χ2v) is 7.47. The Bertz CT molecular complexity index is 767. The molecule has 1 saturated heterocycles. The molecule has 0 radical (unpaired) electrons. The van der Waals surface area contributed by atoms with Crippen LogP contribution in [0.5, 0.6) is 0 Å². The fourth-order valence-corrected chi connectivity index (χ4v) is 3.36. The molecule has 1 aliphatic heterocycles. The first-order chi connectivity index (χ1) is 12.6. The first-order valence-corrected chi connectivity index (χ1v) is 9.84. The fourth-order valence-electron chi connectivity index (χ4n) is 3.00. The lowest BCUT2D eigenvalue weighted by Gasteiger charge is -2.36. The molecule has 2 aromatic carbocycles. The monoisotopic (exact) mass is 463 g/mol. The Hall–Kier alpha value is -2.09. The quantitative estimate of drug-likeness (QED) is 0.706. The van der Waals surface area contributed by atoms with Crippen molar-refractivity contribution in [1.82, 2.24) is 4.90 Å². The highest BCUT2D eigenvalue weighted by molar-refractivity contribution is 14.1. The zero-order chi connectivity index (χ0) is 18.5. The van der Waals surface area contributed by atoms with Crippen LogP contribution in [0.2, 0.25) is 0 Å². The molecule has 136 valence electrons. The van der Waals surface area contributed by atoms with Crippen molar-refractivity contribution < 1.29 is 9.59 Å². The van der Waals surface area contributed by atoms with Gasteiger partial charge in [-0.1, -0.05) is 6.92 Å². The molecule has 0 bridgehead atoms. The zero-order valence-electron chi connectivity index (χ0n) is 14.7. The summed E-state index contributed by atoms with van der Waals surface area (Å²) >= 11 is 2.22. The molecule has 1 N–H and O–H groups in total. The van der Waals surface area contributed by atoms with Crippen molar-refractivity contribution in [3.05, 3.63) is 57.7 Å². The predicted molar refractivity (Wildman–Crippen MR) is 113 cm³/mol. The molecule has 0 saturated carbocycles. The summed E-state index contributed by atoms with van der Waals surface area (Å²) < 4.78 is 1.10. The number of carbonyl (C=O) groups excluding carboxylic acids is 2. The summed E-state index contributed by atoms with van der Waals surface area (Å²) in [5.74, 6) is 0.110. The van der Waals surface area contributed by atoms with E-state index in [1.165, 1.54) is 0 Å². The number of piperazine rings is 1. The molecule has 3 rings (SSSR count). The van der Waals surface area contributed by atoms with Crippen LogP contribution >= 0.6 is 22.6 Å². The molecular weight excluding hydrogens is 441 g/mol. The number of amides is 2. The maximum absolute atomic E-state index is 12.3. The average Bonchev–Trinajstić information content (AvgIpc) is 2.68. The number of rotatable bonds is 4. The van der Waals surface area contributed by atoms with E-state index in [9.17, 15) is 9.59 Å². The minimum atomic E-state index is -0.110. The van der Waals surface area contributed by atoms with Crippen LogP contribution in [-0.4, -0.2) is 42.9 Å². The lowest BCUT2D eigenvalue weighted by molar-refractivity contribution is -0.131. The topological polar surface area (TPSA) is 52.7 Å². The van der Waals surface area contributed by atoms with Crippen molar-refractivity contribution in [3.63, 3.8) is 0 Å². The van der Waals surface area contributed by atoms with Crippen molar-refractivity contribution >= 4 is 45.8 Å². The van der Waals surface area contributed by atoms with Gasteiger partial charge in [-0.05, 0) is 71.1 Å². The molecule has 0 spiro atoms. The van der Waals surface area contributed by atoms with Crippen LogP contribution in [0.25, 0.3) is 0 Å². The van der Waals surface area contributed by atoms with Gasteiger partial charge in [0.2, 0.25) is 5.91 Å². The molecule has 0 aromatic heterocycles. The second-order valence-electron chi connectivity index (χ2n) is 6.23. The Balaban J connectivity index is 1.58. The number of halogens is 1. The molecule has 2 amide bonds. The summed E-state index contributed by atoms with van der Waals surface area (Å²) in [5.41, 5.74) is 2.53. The van der Waals surface area contributed by atoms with Crippen LogP contribution in [0.4, 0.5) is 11.4 Å². The lowest BCUT2D eigenvalue weighted by Crippen LogP contribution is -2.48. The molecule has 6 heteroatoms. The molecule has 2 aromatic rings. The van der Waals surface area contributed by atoms with Gasteiger partial charge < -0.3 is 15.1 Å². The Morgan fingerprint density at radius 1 is 0.962 bits per heavy atom. The van der Waals surface area contributed by atoms with Gasteiger partial charge in [0.1, 0.15) is 0 Å². The van der Waals surface area contributed by atoms with E-state index in [0.29, 0.717) is 12.0 Å². The van der Waals surface area contributed by atoms with Crippen molar-refractivity contribution in [2.45, 2.75) is 13.3 Å². The van der Waals surface area contributed by atoms with Crippen LogP contribution < -0.4 is 10.2 Å². The molecular formula is C20H22IN3O2. The third-order valence-corrected chi connectivity index (χ3v) is 5.25. The van der Waals surface area contributed by atoms with Crippen LogP contribution in [0.3, 0.4) is 0 Å². The second kappa shape index (κ2) is 8.53. The summed E-state index contributed by atoms with van der Waals surface area (Å²) in [6, 6.07) is 15.3. The van der Waals surface area contributed by atoms with Crippen molar-refractivity contribution in [2.75, 3.05) is 36.4 Å². The van der Waals surface area contributed by atoms with Crippen LogP contribution in [0.1, 0.15) is 23.7 Å². The normalized spacial score (nSPS) is 14.2. The van der Waals surface area contributed by atoms with Crippen molar-refractivity contribution in [3.8, 4) is 0 Å². The number of nitrogens with one attached hydrogen (secondary N) is 1. The van der Waals surface area contributed by atoms with Gasteiger partial charge in [0, 0.05) is 53.1 Å². The molecule has 1 heterocycles. The SMILES string of the molecule is CCC(=O)N1CCN(c2ccc(NC(=O)c3ccc(I)cc3)cc2)CC1. The predicted octanol–water partition coefficient (Wildman–Crippen LogP) is 3.60. The fraction of sp³-hybridized carbons (Fsp3) is 0.300. The number of benzene rings is 2. The largest absolute Gasteiger partial charge is 0.368 e. The highest BCUT2D eigenvalue weighted by Crippen LogP contribution is 2.20. The van der Waals surface area contributed by atoms with Gasteiger partial charge in [-0.25, -0.2) is 0 Å². The maximum atomic E-state index is 12.3. The number of anilines is 2. The number of carbonyl (C=O) groups is 2. The molecule has 0 aliphatic carbocycles. The van der Waals surface area contributed by atoms with Gasteiger partial charge in [-0.15, -0.1) is 0 Å². The van der Waals surface area contributed by atoms with Gasteiger partial charge in [-0.2, -0.15) is 0 Å². The summed E-state index contributed by atoms with van der Waals surface area (Å²) in [6.07, 6.45) is 0.564. The van der Waals surface area contributed by atoms with E-state index in [4.69, 9.17) is 0 Å². The first-order valence-electron chi connectivity index (χ1n) is 8.76. The van der Waals surface area contributed by atoms with Gasteiger partial charge >= 0.3 is 0 Å². The molecule has 0 unspecified atom stereocenters. The standard InChI is InChI=1S/C20H22IN3O2/c1-2-19(25)24-13-11-23(12-14-24)18-9-7-17(8-10-18)22-20(26)15-3-5-16(21)6-4-15/h3-10H,2,11-14H2,1H3,(H,22,26). The Morgan fingerprint density at radius 2 is 1.58 bits per heavy atom. The zero-order valence-corrected chi connectivity index (χ0v) is 16.9. The smallest absolute Gasteiger partial charge is 0.255 e. The Morgan fingerprint density at radius 3 is 2.15 bits per heavy atom. The molecule has 1 aliphatic rings. The molecule has 26 heavy (non-hydrogen) atoms. The van der Waals surface area contributed by atoms with Crippen LogP contribution in [0.15, 0.2) is 48.5 Å². The van der Waals surface area contributed by atoms with E-state index < -0.39 is 0 Å². The highest BCUT2D eigenvalue weighted by Gasteiger charge is 2.20. The van der Waals surface area contributed by atoms with Crippen LogP contribution in [-0.2, 0) is 4.79 Å². The molecule has 0 atom stereocenters.